The average molecular weight is 181 g/mol. The fourth-order valence-corrected chi connectivity index (χ4v) is 0. The summed E-state index contributed by atoms with van der Waals surface area (Å²) < 4.78 is 1.34. The van der Waals surface area contributed by atoms with Crippen LogP contribution in [0, 0.1) is 0 Å². The third kappa shape index (κ3) is 11.0. The summed E-state index contributed by atoms with van der Waals surface area (Å²) in [6.45, 7) is 2.16. The molecule has 2 radical (unpaired) electrons. The van der Waals surface area contributed by atoms with Crippen molar-refractivity contribution in [3.8, 4) is 0 Å². The van der Waals surface area contributed by atoms with E-state index in [0.717, 1.165) is 0 Å². The van der Waals surface area contributed by atoms with Gasteiger partial charge in [-0.2, -0.15) is 0 Å². The molecule has 24 valence electrons. The molecule has 0 aliphatic rings. The van der Waals surface area contributed by atoms with Gasteiger partial charge < -0.3 is 13.5 Å². The Hall–Kier alpha value is 1.15. The largest absolute Gasteiger partial charge is 0.813 e. The molecule has 0 saturated heterocycles. The predicted octanol–water partition coefficient (Wildman–Crippen LogP) is 0.323. The van der Waals surface area contributed by atoms with Crippen LogP contribution in [0.3, 0.4) is 0 Å². The van der Waals surface area contributed by atoms with Gasteiger partial charge >= 0.3 is 33.9 Å². The molecule has 0 nitrogen and oxygen atoms in total. The van der Waals surface area contributed by atoms with E-state index in [-0.39, 0.29) is 13.5 Å². The van der Waals surface area contributed by atoms with E-state index in [1.54, 1.807) is 22.5 Å². The second-order valence-electron chi connectivity index (χ2n) is 0.354. The van der Waals surface area contributed by atoms with Crippen molar-refractivity contribution in [2.75, 3.05) is 0 Å². The summed E-state index contributed by atoms with van der Waals surface area (Å²) in [5, 5.41) is 0. The summed E-state index contributed by atoms with van der Waals surface area (Å²) in [6, 6.07) is 0. The number of thiol groups is 1. The van der Waals surface area contributed by atoms with Crippen LogP contribution in [-0.2, 0) is 13.5 Å². The van der Waals surface area contributed by atoms with Crippen LogP contribution >= 0.6 is 0 Å². The molecule has 0 bridgehead atoms. The van der Waals surface area contributed by atoms with Gasteiger partial charge in [-0.1, -0.05) is 0 Å². The second kappa shape index (κ2) is 8.91. The molecule has 0 fully saturated rings. The maximum absolute atomic E-state index is 2.16. The van der Waals surface area contributed by atoms with E-state index in [1.807, 2.05) is 0 Å². The molecule has 0 aliphatic heterocycles. The van der Waals surface area contributed by atoms with Crippen molar-refractivity contribution in [2.24, 2.45) is 0 Å². The smallest absolute Gasteiger partial charge is 0.813 e. The van der Waals surface area contributed by atoms with E-state index in [1.165, 1.54) is 4.44 Å². The molecule has 0 atom stereocenters. The van der Waals surface area contributed by atoms with Crippen molar-refractivity contribution in [1.82, 2.24) is 0 Å². The van der Waals surface area contributed by atoms with Crippen LogP contribution in [-0.4, -0.2) is 22.5 Å². The summed E-state index contributed by atoms with van der Waals surface area (Å²) in [7, 11) is 0. The molecule has 0 unspecified atom stereocenters. The van der Waals surface area contributed by atoms with Crippen molar-refractivity contribution < 1.29 is 0 Å². The molecule has 0 amide bonds. The zero-order valence-corrected chi connectivity index (χ0v) is 6.40. The Kier molecular flexibility index (Phi) is 19.9. The molecule has 0 aromatic carbocycles. The van der Waals surface area contributed by atoms with Crippen LogP contribution in [0.1, 0.15) is 6.92 Å². The number of hydrogen-bond acceptors (Lipinski definition) is 1. The first-order chi connectivity index (χ1) is 1.41. The maximum Gasteiger partial charge on any atom is -0.813 e. The van der Waals surface area contributed by atoms with Gasteiger partial charge in [-0.3, -0.25) is 0 Å². The maximum atomic E-state index is 2.16. The van der Waals surface area contributed by atoms with Crippen LogP contribution in [0.25, 0.3) is 0 Å². The predicted molar refractivity (Wildman–Crippen MR) is 25.0 cm³/mol. The zero-order valence-electron chi connectivity index (χ0n) is 2.65. The van der Waals surface area contributed by atoms with Gasteiger partial charge in [-0.05, 0) is 0 Å². The van der Waals surface area contributed by atoms with E-state index in [4.69, 9.17) is 0 Å². The second-order valence-corrected chi connectivity index (χ2v) is 2.37. The molecule has 0 aromatic rings. The Bertz CT molecular complexity index is 6.00. The number of rotatable bonds is 0. The topological polar surface area (TPSA) is 0 Å². The van der Waals surface area contributed by atoms with E-state index < -0.39 is 0 Å². The van der Waals surface area contributed by atoms with E-state index in [0.29, 0.717) is 0 Å². The van der Waals surface area contributed by atoms with Crippen molar-refractivity contribution in [3.05, 3.63) is 0 Å². The Balaban J connectivity index is 0. The fraction of sp³-hybridized carbons (Fsp3) is 1.00. The molecular weight excluding hydrogens is 175 g/mol. The van der Waals surface area contributed by atoms with Gasteiger partial charge in [-0.15, -0.1) is 0 Å². The SMILES string of the molecule is C[CH2][Sn+].[SH-]. The molecule has 0 heterocycles. The van der Waals surface area contributed by atoms with Crippen LogP contribution in [0.2, 0.25) is 4.44 Å². The first-order valence-electron chi connectivity index (χ1n) is 1.06. The van der Waals surface area contributed by atoms with Crippen molar-refractivity contribution in [3.63, 3.8) is 0 Å². The Morgan fingerprint density at radius 3 is 1.75 bits per heavy atom. The molecule has 0 aromatic heterocycles. The summed E-state index contributed by atoms with van der Waals surface area (Å²) >= 11 is 1.64. The van der Waals surface area contributed by atoms with Gasteiger partial charge in [0.15, 0.2) is 0 Å². The van der Waals surface area contributed by atoms with E-state index in [9.17, 15) is 0 Å². The standard InChI is InChI=1S/C2H5.H2S.Sn/c1-2;;/h1H2,2H3;1H2;/q;;+1/p-1. The van der Waals surface area contributed by atoms with Gasteiger partial charge in [-0.25, -0.2) is 0 Å². The summed E-state index contributed by atoms with van der Waals surface area (Å²) in [4.78, 5) is 0. The van der Waals surface area contributed by atoms with Gasteiger partial charge in [0, 0.05) is 0 Å². The normalized spacial score (nSPS) is 4.25. The van der Waals surface area contributed by atoms with Crippen LogP contribution in [0.15, 0.2) is 0 Å². The average Bonchev–Trinajstić information content (AvgIpc) is 0.918. The zero-order chi connectivity index (χ0) is 2.71. The first kappa shape index (κ1) is 8.94. The Morgan fingerprint density at radius 1 is 1.75 bits per heavy atom. The number of hydrogen-bond donors (Lipinski definition) is 0. The Morgan fingerprint density at radius 2 is 1.75 bits per heavy atom. The summed E-state index contributed by atoms with van der Waals surface area (Å²) in [5.74, 6) is 0. The van der Waals surface area contributed by atoms with Crippen LogP contribution in [0.4, 0.5) is 0 Å². The fourth-order valence-electron chi connectivity index (χ4n) is 0. The van der Waals surface area contributed by atoms with E-state index >= 15 is 0 Å². The van der Waals surface area contributed by atoms with Crippen LogP contribution in [0.5, 0.6) is 0 Å². The van der Waals surface area contributed by atoms with Gasteiger partial charge in [0.25, 0.3) is 0 Å². The molecule has 0 aliphatic carbocycles. The van der Waals surface area contributed by atoms with Gasteiger partial charge in [0.1, 0.15) is 0 Å². The molecular formula is C2H6SSn. The summed E-state index contributed by atoms with van der Waals surface area (Å²) in [5.41, 5.74) is 0. The van der Waals surface area contributed by atoms with Crippen molar-refractivity contribution in [1.29, 1.82) is 0 Å². The summed E-state index contributed by atoms with van der Waals surface area (Å²) in [6.07, 6.45) is 0. The molecule has 0 rings (SSSR count). The third-order valence-electron chi connectivity index (χ3n) is 0. The minimum Gasteiger partial charge on any atom is -0.813 e. The molecule has 0 spiro atoms. The molecule has 2 heteroatoms. The Labute approximate surface area is 47.5 Å². The van der Waals surface area contributed by atoms with Gasteiger partial charge in [0.05, 0.1) is 0 Å². The van der Waals surface area contributed by atoms with Crippen molar-refractivity contribution >= 4 is 36.0 Å². The minimum atomic E-state index is 0. The monoisotopic (exact) mass is 182 g/mol. The van der Waals surface area contributed by atoms with Gasteiger partial charge in [0.2, 0.25) is 0 Å². The quantitative estimate of drug-likeness (QED) is 0.294. The van der Waals surface area contributed by atoms with E-state index in [2.05, 4.69) is 6.92 Å². The molecule has 0 N–H and O–H groups in total. The minimum absolute atomic E-state index is 0. The molecule has 4 heavy (non-hydrogen) atoms. The van der Waals surface area contributed by atoms with Crippen LogP contribution < -0.4 is 0 Å². The third-order valence-corrected chi connectivity index (χ3v) is 0. The first-order valence-corrected chi connectivity index (χ1v) is 3.08. The van der Waals surface area contributed by atoms with Crippen molar-refractivity contribution in [2.45, 2.75) is 11.4 Å². The molecule has 0 saturated carbocycles.